The lowest BCUT2D eigenvalue weighted by Gasteiger charge is -2.18. The Kier molecular flexibility index (Phi) is 4.98. The van der Waals surface area contributed by atoms with E-state index in [0.717, 1.165) is 5.56 Å². The van der Waals surface area contributed by atoms with Crippen molar-refractivity contribution in [2.45, 2.75) is 20.0 Å². The first-order chi connectivity index (χ1) is 10.2. The molecule has 5 heteroatoms. The van der Waals surface area contributed by atoms with Crippen LogP contribution in [0.5, 0.6) is 0 Å². The third-order valence-corrected chi connectivity index (χ3v) is 3.07. The van der Waals surface area contributed by atoms with Crippen molar-refractivity contribution in [1.82, 2.24) is 0 Å². The highest BCUT2D eigenvalue weighted by atomic mass is 16.6. The quantitative estimate of drug-likeness (QED) is 0.779. The van der Waals surface area contributed by atoms with Crippen LogP contribution in [0.4, 0.5) is 0 Å². The number of esters is 2. The molecule has 0 radical (unpaired) electrons. The molecule has 1 aromatic rings. The highest BCUT2D eigenvalue weighted by molar-refractivity contribution is 5.89. The smallest absolute Gasteiger partial charge is 0.373 e. The van der Waals surface area contributed by atoms with E-state index in [2.05, 4.69) is 0 Å². The number of rotatable bonds is 5. The van der Waals surface area contributed by atoms with E-state index in [4.69, 9.17) is 14.2 Å². The summed E-state index contributed by atoms with van der Waals surface area (Å²) in [5.41, 5.74) is 0.811. The van der Waals surface area contributed by atoms with Gasteiger partial charge in [-0.1, -0.05) is 30.3 Å². The third-order valence-electron chi connectivity index (χ3n) is 3.07. The molecule has 0 saturated carbocycles. The Labute approximate surface area is 123 Å². The summed E-state index contributed by atoms with van der Waals surface area (Å²) in [5.74, 6) is -1.56. The number of hydrogen-bond donors (Lipinski definition) is 0. The van der Waals surface area contributed by atoms with Crippen LogP contribution in [-0.4, -0.2) is 25.2 Å². The van der Waals surface area contributed by atoms with Crippen molar-refractivity contribution < 1.29 is 23.8 Å². The Morgan fingerprint density at radius 1 is 1.10 bits per heavy atom. The van der Waals surface area contributed by atoms with Gasteiger partial charge < -0.3 is 14.2 Å². The maximum atomic E-state index is 12.1. The van der Waals surface area contributed by atoms with E-state index in [0.29, 0.717) is 0 Å². The lowest BCUT2D eigenvalue weighted by molar-refractivity contribution is -0.150. The van der Waals surface area contributed by atoms with Crippen LogP contribution in [0.3, 0.4) is 0 Å². The average Bonchev–Trinajstić information content (AvgIpc) is 2.94. The fourth-order valence-electron chi connectivity index (χ4n) is 2.17. The summed E-state index contributed by atoms with van der Waals surface area (Å²) in [6.07, 6.45) is 0.915. The second-order valence-electron chi connectivity index (χ2n) is 4.48. The Bertz CT molecular complexity index is 535. The zero-order valence-electron chi connectivity index (χ0n) is 12.1. The van der Waals surface area contributed by atoms with Crippen LogP contribution in [0.15, 0.2) is 42.2 Å². The van der Waals surface area contributed by atoms with Gasteiger partial charge in [-0.25, -0.2) is 4.79 Å². The van der Waals surface area contributed by atoms with Crippen LogP contribution in [0.25, 0.3) is 0 Å². The fourth-order valence-corrected chi connectivity index (χ4v) is 2.17. The molecule has 1 aliphatic rings. The number of benzene rings is 1. The van der Waals surface area contributed by atoms with Gasteiger partial charge in [0.05, 0.1) is 13.2 Å². The molecule has 0 N–H and O–H groups in total. The molecule has 5 nitrogen and oxygen atoms in total. The van der Waals surface area contributed by atoms with Gasteiger partial charge in [0.2, 0.25) is 5.76 Å². The molecule has 0 spiro atoms. The van der Waals surface area contributed by atoms with Crippen LogP contribution in [0.2, 0.25) is 0 Å². The monoisotopic (exact) mass is 290 g/mol. The maximum absolute atomic E-state index is 12.1. The Balaban J connectivity index is 2.24. The van der Waals surface area contributed by atoms with Crippen molar-refractivity contribution in [2.75, 3.05) is 13.2 Å². The summed E-state index contributed by atoms with van der Waals surface area (Å²) >= 11 is 0. The molecule has 0 unspecified atom stereocenters. The van der Waals surface area contributed by atoms with E-state index in [9.17, 15) is 9.59 Å². The predicted molar refractivity (Wildman–Crippen MR) is 75.1 cm³/mol. The van der Waals surface area contributed by atoms with Crippen molar-refractivity contribution in [3.63, 3.8) is 0 Å². The van der Waals surface area contributed by atoms with Gasteiger partial charge in [0.25, 0.3) is 0 Å². The first kappa shape index (κ1) is 15.1. The van der Waals surface area contributed by atoms with Gasteiger partial charge in [-0.15, -0.1) is 0 Å². The zero-order valence-corrected chi connectivity index (χ0v) is 12.1. The topological polar surface area (TPSA) is 61.8 Å². The Morgan fingerprint density at radius 2 is 1.76 bits per heavy atom. The molecule has 0 bridgehead atoms. The highest BCUT2D eigenvalue weighted by Crippen LogP contribution is 2.37. The van der Waals surface area contributed by atoms with Crippen LogP contribution in [0, 0.1) is 5.92 Å². The van der Waals surface area contributed by atoms with E-state index < -0.39 is 24.0 Å². The highest BCUT2D eigenvalue weighted by Gasteiger charge is 2.39. The van der Waals surface area contributed by atoms with Gasteiger partial charge in [0.1, 0.15) is 12.0 Å². The van der Waals surface area contributed by atoms with E-state index in [1.165, 1.54) is 6.08 Å². The van der Waals surface area contributed by atoms with Gasteiger partial charge >= 0.3 is 11.9 Å². The molecule has 1 heterocycles. The molecular formula is C16H18O5. The Hall–Kier alpha value is -2.30. The molecule has 112 valence electrons. The van der Waals surface area contributed by atoms with Crippen LogP contribution < -0.4 is 0 Å². The van der Waals surface area contributed by atoms with E-state index >= 15 is 0 Å². The van der Waals surface area contributed by atoms with Crippen molar-refractivity contribution in [3.8, 4) is 0 Å². The molecule has 1 aromatic carbocycles. The van der Waals surface area contributed by atoms with Gasteiger partial charge in [0.15, 0.2) is 0 Å². The molecular weight excluding hydrogens is 272 g/mol. The van der Waals surface area contributed by atoms with Gasteiger partial charge in [-0.3, -0.25) is 4.79 Å². The fraction of sp³-hybridized carbons (Fsp3) is 0.375. The molecule has 2 atom stereocenters. The standard InChI is InChI=1S/C16H18O5/c1-3-19-15(17)12-10-13(16(18)20-4-2)21-14(12)11-8-6-5-7-9-11/h5-10,12,14H,3-4H2,1-2H3/t12-,14-/m1/s1. The lowest BCUT2D eigenvalue weighted by atomic mass is 9.97. The summed E-state index contributed by atoms with van der Waals surface area (Å²) in [6, 6.07) is 9.27. The first-order valence-electron chi connectivity index (χ1n) is 6.94. The van der Waals surface area contributed by atoms with Crippen molar-refractivity contribution in [1.29, 1.82) is 0 Å². The molecule has 0 aromatic heterocycles. The third kappa shape index (κ3) is 3.42. The van der Waals surface area contributed by atoms with Crippen LogP contribution >= 0.6 is 0 Å². The summed E-state index contributed by atoms with van der Waals surface area (Å²) in [5, 5.41) is 0. The van der Waals surface area contributed by atoms with E-state index in [-0.39, 0.29) is 19.0 Å². The van der Waals surface area contributed by atoms with Crippen LogP contribution in [0.1, 0.15) is 25.5 Å². The number of carbonyl (C=O) groups is 2. The minimum Gasteiger partial charge on any atom is -0.477 e. The predicted octanol–water partition coefficient (Wildman–Crippen LogP) is 2.38. The summed E-state index contributed by atoms with van der Waals surface area (Å²) < 4.78 is 15.6. The minimum atomic E-state index is -0.647. The van der Waals surface area contributed by atoms with Crippen molar-refractivity contribution in [3.05, 3.63) is 47.7 Å². The molecule has 2 rings (SSSR count). The molecule has 21 heavy (non-hydrogen) atoms. The largest absolute Gasteiger partial charge is 0.477 e. The number of carbonyl (C=O) groups excluding carboxylic acids is 2. The van der Waals surface area contributed by atoms with Crippen molar-refractivity contribution >= 4 is 11.9 Å². The maximum Gasteiger partial charge on any atom is 0.373 e. The lowest BCUT2D eigenvalue weighted by Crippen LogP contribution is -2.21. The molecule has 0 saturated heterocycles. The molecule has 0 aliphatic carbocycles. The normalized spacial score (nSPS) is 20.4. The van der Waals surface area contributed by atoms with Gasteiger partial charge in [0, 0.05) is 0 Å². The van der Waals surface area contributed by atoms with Gasteiger partial charge in [-0.05, 0) is 25.5 Å². The molecule has 0 fully saturated rings. The van der Waals surface area contributed by atoms with E-state index in [1.54, 1.807) is 13.8 Å². The van der Waals surface area contributed by atoms with Crippen molar-refractivity contribution in [2.24, 2.45) is 5.92 Å². The Morgan fingerprint density at radius 3 is 2.38 bits per heavy atom. The first-order valence-corrected chi connectivity index (χ1v) is 6.94. The summed E-state index contributed by atoms with van der Waals surface area (Å²) in [7, 11) is 0. The number of hydrogen-bond acceptors (Lipinski definition) is 5. The second kappa shape index (κ2) is 6.92. The minimum absolute atomic E-state index is 0.0590. The van der Waals surface area contributed by atoms with Crippen LogP contribution in [-0.2, 0) is 23.8 Å². The molecule has 1 aliphatic heterocycles. The number of ether oxygens (including phenoxy) is 3. The zero-order chi connectivity index (χ0) is 15.2. The van der Waals surface area contributed by atoms with Gasteiger partial charge in [-0.2, -0.15) is 0 Å². The van der Waals surface area contributed by atoms with E-state index in [1.807, 2.05) is 30.3 Å². The second-order valence-corrected chi connectivity index (χ2v) is 4.48. The SMILES string of the molecule is CCOC(=O)C1=C[C@@H](C(=O)OCC)[C@@H](c2ccccc2)O1. The molecule has 0 amide bonds. The summed E-state index contributed by atoms with van der Waals surface area (Å²) in [4.78, 5) is 23.8. The average molecular weight is 290 g/mol. The summed E-state index contributed by atoms with van der Waals surface area (Å²) in [6.45, 7) is 3.98.